The van der Waals surface area contributed by atoms with Gasteiger partial charge in [0.2, 0.25) is 0 Å². The van der Waals surface area contributed by atoms with Crippen LogP contribution in [0, 0.1) is 29.6 Å². The second-order valence-electron chi connectivity index (χ2n) is 9.96. The molecule has 1 aliphatic heterocycles. The van der Waals surface area contributed by atoms with Gasteiger partial charge in [0, 0.05) is 41.5 Å². The topological polar surface area (TPSA) is 75.6 Å². The maximum atomic E-state index is 11.1. The molecule has 0 radical (unpaired) electrons. The molecule has 0 aromatic rings. The first-order chi connectivity index (χ1) is 16.2. The molecular weight excluding hydrogens is 436 g/mol. The van der Waals surface area contributed by atoms with Gasteiger partial charge in [-0.2, -0.15) is 0 Å². The second kappa shape index (κ2) is 13.5. The van der Waals surface area contributed by atoms with Gasteiger partial charge in [-0.25, -0.2) is 0 Å². The van der Waals surface area contributed by atoms with Crippen molar-refractivity contribution >= 4 is 0 Å². The molecular formula is C27H48O7. The van der Waals surface area contributed by atoms with Crippen molar-refractivity contribution in [3.63, 3.8) is 0 Å². The summed E-state index contributed by atoms with van der Waals surface area (Å²) in [6, 6.07) is 0. The van der Waals surface area contributed by atoms with E-state index in [2.05, 4.69) is 33.8 Å². The number of rotatable bonds is 13. The molecule has 7 nitrogen and oxygen atoms in total. The van der Waals surface area contributed by atoms with E-state index in [0.29, 0.717) is 23.7 Å². The van der Waals surface area contributed by atoms with Crippen LogP contribution in [-0.2, 0) is 28.4 Å². The summed E-state index contributed by atoms with van der Waals surface area (Å²) in [5.41, 5.74) is 0.987. The first kappa shape index (κ1) is 29.4. The molecule has 7 heteroatoms. The maximum Gasteiger partial charge on any atom is 0.186 e. The lowest BCUT2D eigenvalue weighted by atomic mass is 9.91. The van der Waals surface area contributed by atoms with Crippen LogP contribution in [0.2, 0.25) is 0 Å². The van der Waals surface area contributed by atoms with Gasteiger partial charge >= 0.3 is 0 Å². The summed E-state index contributed by atoms with van der Waals surface area (Å²) in [5, 5.41) is 11.1. The fourth-order valence-corrected chi connectivity index (χ4v) is 5.98. The molecule has 2 fully saturated rings. The number of aliphatic hydroxyl groups excluding tert-OH is 1. The lowest BCUT2D eigenvalue weighted by Gasteiger charge is -2.44. The molecule has 1 heterocycles. The Kier molecular flexibility index (Phi) is 11.7. The first-order valence-corrected chi connectivity index (χ1v) is 12.5. The Morgan fingerprint density at radius 2 is 1.56 bits per heavy atom. The van der Waals surface area contributed by atoms with Gasteiger partial charge in [-0.3, -0.25) is 0 Å². The zero-order valence-corrected chi connectivity index (χ0v) is 22.8. The molecule has 2 rings (SSSR count). The quantitative estimate of drug-likeness (QED) is 0.398. The molecule has 1 aliphatic carbocycles. The van der Waals surface area contributed by atoms with Crippen LogP contribution in [0.1, 0.15) is 41.0 Å². The number of aliphatic hydroxyl groups is 1. The Morgan fingerprint density at radius 3 is 2.06 bits per heavy atom. The van der Waals surface area contributed by atoms with Gasteiger partial charge in [0.25, 0.3) is 0 Å². The van der Waals surface area contributed by atoms with Gasteiger partial charge < -0.3 is 33.5 Å². The molecule has 198 valence electrons. The minimum absolute atomic E-state index is 0.0399. The van der Waals surface area contributed by atoms with Crippen LogP contribution in [0.4, 0.5) is 0 Å². The van der Waals surface area contributed by atoms with E-state index in [-0.39, 0.29) is 36.4 Å². The second-order valence-corrected chi connectivity index (χ2v) is 9.96. The Hall–Kier alpha value is -0.800. The summed E-state index contributed by atoms with van der Waals surface area (Å²) < 4.78 is 34.3. The molecule has 0 bridgehead atoms. The van der Waals surface area contributed by atoms with Crippen molar-refractivity contribution in [2.75, 3.05) is 35.5 Å². The average molecular weight is 485 g/mol. The number of allylic oxidation sites excluding steroid dienone is 2. The number of hydrogen-bond donors (Lipinski definition) is 1. The first-order valence-electron chi connectivity index (χ1n) is 12.5. The summed E-state index contributed by atoms with van der Waals surface area (Å²) in [5.74, 6) is 1.79. The van der Waals surface area contributed by atoms with Crippen LogP contribution >= 0.6 is 0 Å². The van der Waals surface area contributed by atoms with Gasteiger partial charge in [0.05, 0.1) is 12.2 Å². The van der Waals surface area contributed by atoms with Crippen molar-refractivity contribution in [2.45, 2.75) is 84.0 Å². The van der Waals surface area contributed by atoms with Crippen LogP contribution in [0.3, 0.4) is 0 Å². The smallest absolute Gasteiger partial charge is 0.186 e. The summed E-state index contributed by atoms with van der Waals surface area (Å²) in [4.78, 5) is 0. The van der Waals surface area contributed by atoms with E-state index in [0.717, 1.165) is 12.0 Å². The summed E-state index contributed by atoms with van der Waals surface area (Å²) >= 11 is 0. The van der Waals surface area contributed by atoms with Gasteiger partial charge in [-0.15, -0.1) is 0 Å². The molecule has 2 aliphatic rings. The molecule has 12 atom stereocenters. The van der Waals surface area contributed by atoms with Crippen LogP contribution in [0.5, 0.6) is 0 Å². The van der Waals surface area contributed by atoms with E-state index >= 15 is 0 Å². The summed E-state index contributed by atoms with van der Waals surface area (Å²) in [6.45, 7) is 10.7. The van der Waals surface area contributed by atoms with Crippen molar-refractivity contribution in [1.29, 1.82) is 0 Å². The van der Waals surface area contributed by atoms with Crippen LogP contribution in [0.15, 0.2) is 23.8 Å². The van der Waals surface area contributed by atoms with E-state index in [1.165, 1.54) is 0 Å². The Morgan fingerprint density at radius 1 is 0.941 bits per heavy atom. The fraction of sp³-hybridized carbons (Fsp3) is 0.852. The predicted octanol–water partition coefficient (Wildman–Crippen LogP) is 3.85. The highest BCUT2D eigenvalue weighted by Gasteiger charge is 2.55. The zero-order chi connectivity index (χ0) is 25.6. The van der Waals surface area contributed by atoms with E-state index in [4.69, 9.17) is 28.4 Å². The molecule has 0 aromatic heterocycles. The third-order valence-corrected chi connectivity index (χ3v) is 8.12. The Labute approximate surface area is 206 Å². The predicted molar refractivity (Wildman–Crippen MR) is 133 cm³/mol. The molecule has 0 amide bonds. The van der Waals surface area contributed by atoms with Crippen molar-refractivity contribution in [3.8, 4) is 0 Å². The van der Waals surface area contributed by atoms with Crippen molar-refractivity contribution in [1.82, 2.24) is 0 Å². The molecule has 1 saturated carbocycles. The summed E-state index contributed by atoms with van der Waals surface area (Å²) in [6.07, 6.45) is 4.98. The number of hydrogen-bond acceptors (Lipinski definition) is 7. The van der Waals surface area contributed by atoms with Crippen LogP contribution in [-0.4, -0.2) is 83.6 Å². The minimum atomic E-state index is -0.561. The van der Waals surface area contributed by atoms with E-state index in [1.54, 1.807) is 35.5 Å². The van der Waals surface area contributed by atoms with Crippen molar-refractivity contribution in [3.05, 3.63) is 23.8 Å². The van der Waals surface area contributed by atoms with Gasteiger partial charge in [0.1, 0.15) is 24.4 Å². The van der Waals surface area contributed by atoms with Crippen LogP contribution in [0.25, 0.3) is 0 Å². The highest BCUT2D eigenvalue weighted by Crippen LogP contribution is 2.55. The normalized spacial score (nSPS) is 38.0. The van der Waals surface area contributed by atoms with E-state index in [1.807, 2.05) is 19.1 Å². The summed E-state index contributed by atoms with van der Waals surface area (Å²) in [7, 11) is 8.28. The SMILES string of the molecule is CC[C@H](OC)[C@@H](C)[C@@H]1[C@@H](C)[C@H]1[C@H](O)[C@H](C)/C=C/C=C(\C)[C@@H]1O[C@H](OC)[C@H](OC)[C@@H](OC)[C@@H]1OC. The van der Waals surface area contributed by atoms with Crippen LogP contribution < -0.4 is 0 Å². The minimum Gasteiger partial charge on any atom is -0.392 e. The van der Waals surface area contributed by atoms with Gasteiger partial charge in [-0.1, -0.05) is 45.9 Å². The molecule has 1 saturated heterocycles. The fourth-order valence-electron chi connectivity index (χ4n) is 5.98. The van der Waals surface area contributed by atoms with E-state index in [9.17, 15) is 5.11 Å². The molecule has 0 aromatic carbocycles. The molecule has 1 N–H and O–H groups in total. The average Bonchev–Trinajstić information content (AvgIpc) is 3.52. The van der Waals surface area contributed by atoms with Crippen molar-refractivity contribution in [2.24, 2.45) is 29.6 Å². The van der Waals surface area contributed by atoms with Gasteiger partial charge in [-0.05, 0) is 42.6 Å². The zero-order valence-electron chi connectivity index (χ0n) is 22.8. The highest BCUT2D eigenvalue weighted by atomic mass is 16.7. The third kappa shape index (κ3) is 6.30. The highest BCUT2D eigenvalue weighted by molar-refractivity contribution is 5.19. The largest absolute Gasteiger partial charge is 0.392 e. The Bertz CT molecular complexity index is 661. The standard InChI is InChI=1S/C27H48O7/c1-11-19(29-6)17(4)20-18(5)21(20)22(28)15(2)13-12-14-16(3)23-24(30-7)25(31-8)26(32-9)27(33-10)34-23/h12-15,17-28H,11H2,1-10H3/b13-12+,16-14+/t15-,17-,18-,19+,20-,21-,22-,23+,24-,25+,26-,27+/m1/s1. The number of ether oxygens (including phenoxy) is 6. The lowest BCUT2D eigenvalue weighted by Crippen LogP contribution is -2.60. The molecule has 0 unspecified atom stereocenters. The monoisotopic (exact) mass is 484 g/mol. The van der Waals surface area contributed by atoms with E-state index < -0.39 is 12.4 Å². The van der Waals surface area contributed by atoms with Gasteiger partial charge in [0.15, 0.2) is 6.29 Å². The van der Waals surface area contributed by atoms with Crippen molar-refractivity contribution < 1.29 is 33.5 Å². The third-order valence-electron chi connectivity index (χ3n) is 8.12. The molecule has 34 heavy (non-hydrogen) atoms. The lowest BCUT2D eigenvalue weighted by molar-refractivity contribution is -0.295. The maximum absolute atomic E-state index is 11.1. The molecule has 0 spiro atoms. The Balaban J connectivity index is 2.06. The number of methoxy groups -OCH3 is 5.